The summed E-state index contributed by atoms with van der Waals surface area (Å²) in [5.41, 5.74) is 1.52. The zero-order valence-corrected chi connectivity index (χ0v) is 15.8. The summed E-state index contributed by atoms with van der Waals surface area (Å²) in [5.74, 6) is 0.391. The Labute approximate surface area is 161 Å². The molecule has 27 heavy (non-hydrogen) atoms. The molecular weight excluding hydrogens is 365 g/mol. The predicted molar refractivity (Wildman–Crippen MR) is 105 cm³/mol. The Balaban J connectivity index is 1.34. The number of fused-ring (bicyclic) bond motifs is 1. The molecule has 5 nitrogen and oxygen atoms in total. The number of ether oxygens (including phenoxy) is 1. The van der Waals surface area contributed by atoms with E-state index in [1.165, 1.54) is 17.4 Å². The molecule has 2 aromatic carbocycles. The molecule has 1 saturated heterocycles. The van der Waals surface area contributed by atoms with E-state index in [9.17, 15) is 9.18 Å². The van der Waals surface area contributed by atoms with Crippen molar-refractivity contribution >= 4 is 32.6 Å². The van der Waals surface area contributed by atoms with Crippen molar-refractivity contribution in [3.05, 3.63) is 53.8 Å². The third-order valence-electron chi connectivity index (χ3n) is 4.61. The fraction of sp³-hybridized carbons (Fsp3) is 0.300. The van der Waals surface area contributed by atoms with Crippen LogP contribution >= 0.6 is 11.3 Å². The zero-order chi connectivity index (χ0) is 18.8. The number of nitrogens with zero attached hydrogens (tertiary/aromatic N) is 3. The summed E-state index contributed by atoms with van der Waals surface area (Å²) in [6.07, 6.45) is 0. The molecule has 0 unspecified atom stereocenters. The van der Waals surface area contributed by atoms with E-state index in [1.54, 1.807) is 11.0 Å². The molecule has 1 fully saturated rings. The molecule has 2 heterocycles. The molecule has 0 bridgehead atoms. The van der Waals surface area contributed by atoms with Gasteiger partial charge < -0.3 is 14.5 Å². The van der Waals surface area contributed by atoms with E-state index in [1.807, 2.05) is 37.3 Å². The Kier molecular flexibility index (Phi) is 4.94. The molecule has 0 atom stereocenters. The van der Waals surface area contributed by atoms with Crippen LogP contribution in [0.5, 0.6) is 5.75 Å². The maximum Gasteiger partial charge on any atom is 0.260 e. The van der Waals surface area contributed by atoms with Crippen molar-refractivity contribution in [2.45, 2.75) is 6.92 Å². The van der Waals surface area contributed by atoms with E-state index in [4.69, 9.17) is 4.74 Å². The van der Waals surface area contributed by atoms with Gasteiger partial charge in [0.1, 0.15) is 17.1 Å². The number of carbonyl (C=O) groups is 1. The predicted octanol–water partition coefficient (Wildman–Crippen LogP) is 3.47. The third-order valence-corrected chi connectivity index (χ3v) is 5.69. The molecule has 0 spiro atoms. The van der Waals surface area contributed by atoms with Crippen molar-refractivity contribution in [1.29, 1.82) is 0 Å². The van der Waals surface area contributed by atoms with Crippen LogP contribution in [0.15, 0.2) is 42.5 Å². The summed E-state index contributed by atoms with van der Waals surface area (Å²) in [5, 5.41) is 0.804. The lowest BCUT2D eigenvalue weighted by Gasteiger charge is -2.34. The second-order valence-electron chi connectivity index (χ2n) is 6.56. The number of hydrogen-bond donors (Lipinski definition) is 0. The number of amides is 1. The van der Waals surface area contributed by atoms with Crippen molar-refractivity contribution in [2.24, 2.45) is 0 Å². The number of rotatable bonds is 4. The van der Waals surface area contributed by atoms with E-state index in [2.05, 4.69) is 9.88 Å². The number of thiazole rings is 1. The molecule has 0 aliphatic carbocycles. The second-order valence-corrected chi connectivity index (χ2v) is 7.57. The van der Waals surface area contributed by atoms with E-state index < -0.39 is 0 Å². The highest BCUT2D eigenvalue weighted by molar-refractivity contribution is 7.22. The number of benzene rings is 2. The molecule has 0 radical (unpaired) electrons. The molecule has 1 amide bonds. The van der Waals surface area contributed by atoms with Crippen molar-refractivity contribution < 1.29 is 13.9 Å². The van der Waals surface area contributed by atoms with Crippen LogP contribution in [0.2, 0.25) is 0 Å². The average Bonchev–Trinajstić information content (AvgIpc) is 3.12. The van der Waals surface area contributed by atoms with Gasteiger partial charge in [0.25, 0.3) is 5.91 Å². The van der Waals surface area contributed by atoms with Gasteiger partial charge in [-0.15, -0.1) is 0 Å². The minimum absolute atomic E-state index is 0.0218. The third kappa shape index (κ3) is 3.88. The highest BCUT2D eigenvalue weighted by atomic mass is 32.1. The monoisotopic (exact) mass is 385 g/mol. The molecule has 0 saturated carbocycles. The highest BCUT2D eigenvalue weighted by Crippen LogP contribution is 2.30. The van der Waals surface area contributed by atoms with Crippen LogP contribution in [-0.2, 0) is 4.79 Å². The van der Waals surface area contributed by atoms with Crippen molar-refractivity contribution in [3.63, 3.8) is 0 Å². The van der Waals surface area contributed by atoms with Gasteiger partial charge in [-0.25, -0.2) is 9.37 Å². The minimum Gasteiger partial charge on any atom is -0.484 e. The first-order chi connectivity index (χ1) is 13.1. The Morgan fingerprint density at radius 1 is 1.19 bits per heavy atom. The Morgan fingerprint density at radius 2 is 1.96 bits per heavy atom. The SMILES string of the molecule is Cc1cccc(OCC(=O)N2CCN(c3nc4c(F)cccc4s3)CC2)c1. The van der Waals surface area contributed by atoms with Gasteiger partial charge in [0.15, 0.2) is 11.7 Å². The summed E-state index contributed by atoms with van der Waals surface area (Å²) in [4.78, 5) is 20.7. The summed E-state index contributed by atoms with van der Waals surface area (Å²) in [6.45, 7) is 4.59. The normalized spacial score (nSPS) is 14.6. The van der Waals surface area contributed by atoms with Gasteiger partial charge in [-0.3, -0.25) is 4.79 Å². The van der Waals surface area contributed by atoms with Crippen LogP contribution in [0.1, 0.15) is 5.56 Å². The summed E-state index contributed by atoms with van der Waals surface area (Å²) in [6, 6.07) is 12.7. The summed E-state index contributed by atoms with van der Waals surface area (Å²) >= 11 is 1.48. The maximum atomic E-state index is 13.8. The van der Waals surface area contributed by atoms with Crippen LogP contribution in [-0.4, -0.2) is 48.6 Å². The molecule has 140 valence electrons. The number of halogens is 1. The fourth-order valence-electron chi connectivity index (χ4n) is 3.13. The van der Waals surface area contributed by atoms with E-state index in [0.29, 0.717) is 37.4 Å². The first kappa shape index (κ1) is 17.7. The first-order valence-electron chi connectivity index (χ1n) is 8.87. The molecule has 3 aromatic rings. The molecule has 7 heteroatoms. The van der Waals surface area contributed by atoms with Crippen LogP contribution in [0.4, 0.5) is 9.52 Å². The summed E-state index contributed by atoms with van der Waals surface area (Å²) in [7, 11) is 0. The molecule has 4 rings (SSSR count). The van der Waals surface area contributed by atoms with Crippen molar-refractivity contribution in [2.75, 3.05) is 37.7 Å². The van der Waals surface area contributed by atoms with Crippen LogP contribution < -0.4 is 9.64 Å². The smallest absolute Gasteiger partial charge is 0.260 e. The number of piperazine rings is 1. The molecular formula is C20H20FN3O2S. The van der Waals surface area contributed by atoms with Crippen LogP contribution in [0, 0.1) is 12.7 Å². The van der Waals surface area contributed by atoms with E-state index in [0.717, 1.165) is 15.4 Å². The van der Waals surface area contributed by atoms with Crippen molar-refractivity contribution in [3.8, 4) is 5.75 Å². The van der Waals surface area contributed by atoms with Gasteiger partial charge in [-0.05, 0) is 36.8 Å². The lowest BCUT2D eigenvalue weighted by Crippen LogP contribution is -2.50. The maximum absolute atomic E-state index is 13.8. The van der Waals surface area contributed by atoms with Gasteiger partial charge in [0.2, 0.25) is 0 Å². The largest absolute Gasteiger partial charge is 0.484 e. The molecule has 0 N–H and O–H groups in total. The first-order valence-corrected chi connectivity index (χ1v) is 9.69. The standard InChI is InChI=1S/C20H20FN3O2S/c1-14-4-2-5-15(12-14)26-13-18(25)23-8-10-24(11-9-23)20-22-19-16(21)6-3-7-17(19)27-20/h2-7,12H,8-11,13H2,1H3. The lowest BCUT2D eigenvalue weighted by atomic mass is 10.2. The Morgan fingerprint density at radius 3 is 2.70 bits per heavy atom. The molecule has 1 aliphatic rings. The Hall–Kier alpha value is -2.67. The highest BCUT2D eigenvalue weighted by Gasteiger charge is 2.23. The van der Waals surface area contributed by atoms with Gasteiger partial charge in [-0.1, -0.05) is 29.5 Å². The average molecular weight is 385 g/mol. The number of aromatic nitrogens is 1. The van der Waals surface area contributed by atoms with Crippen LogP contribution in [0.25, 0.3) is 10.2 Å². The number of aryl methyl sites for hydroxylation is 1. The number of anilines is 1. The summed E-state index contributed by atoms with van der Waals surface area (Å²) < 4.78 is 20.3. The molecule has 1 aromatic heterocycles. The fourth-order valence-corrected chi connectivity index (χ4v) is 4.16. The minimum atomic E-state index is -0.294. The number of para-hydroxylation sites is 1. The van der Waals surface area contributed by atoms with Gasteiger partial charge in [0.05, 0.1) is 4.70 Å². The number of hydrogen-bond acceptors (Lipinski definition) is 5. The van der Waals surface area contributed by atoms with Gasteiger partial charge >= 0.3 is 0 Å². The topological polar surface area (TPSA) is 45.7 Å². The second kappa shape index (κ2) is 7.52. The molecule has 1 aliphatic heterocycles. The lowest BCUT2D eigenvalue weighted by molar-refractivity contribution is -0.133. The van der Waals surface area contributed by atoms with Crippen LogP contribution in [0.3, 0.4) is 0 Å². The zero-order valence-electron chi connectivity index (χ0n) is 15.0. The number of carbonyl (C=O) groups excluding carboxylic acids is 1. The Bertz CT molecular complexity index is 967. The quantitative estimate of drug-likeness (QED) is 0.690. The van der Waals surface area contributed by atoms with Gasteiger partial charge in [-0.2, -0.15) is 0 Å². The van der Waals surface area contributed by atoms with Gasteiger partial charge in [0, 0.05) is 26.2 Å². The van der Waals surface area contributed by atoms with E-state index >= 15 is 0 Å². The van der Waals surface area contributed by atoms with Crippen molar-refractivity contribution in [1.82, 2.24) is 9.88 Å². The van der Waals surface area contributed by atoms with E-state index in [-0.39, 0.29) is 18.3 Å².